The number of aromatic amines is 1. The predicted molar refractivity (Wildman–Crippen MR) is 76.0 cm³/mol. The summed E-state index contributed by atoms with van der Waals surface area (Å²) in [5.74, 6) is 0.641. The molecule has 5 nitrogen and oxygen atoms in total. The van der Waals surface area contributed by atoms with Crippen LogP contribution < -0.4 is 5.32 Å². The molecule has 0 unspecified atom stereocenters. The molecule has 0 saturated heterocycles. The standard InChI is InChI=1S/C15H13N3O2/c1-10(19)16-12-5-2-4-11(8-12)13-9-14(18-17-13)15-6-3-7-20-15/h2-9H,1H3,(H,16,19)(H,17,18). The second kappa shape index (κ2) is 5.05. The van der Waals surface area contributed by atoms with E-state index in [2.05, 4.69) is 15.5 Å². The molecule has 0 atom stereocenters. The molecule has 0 spiro atoms. The van der Waals surface area contributed by atoms with E-state index < -0.39 is 0 Å². The van der Waals surface area contributed by atoms with E-state index >= 15 is 0 Å². The van der Waals surface area contributed by atoms with Gasteiger partial charge in [-0.25, -0.2) is 0 Å². The lowest BCUT2D eigenvalue weighted by Gasteiger charge is -2.03. The fourth-order valence-corrected chi connectivity index (χ4v) is 1.99. The maximum atomic E-state index is 11.1. The highest BCUT2D eigenvalue weighted by atomic mass is 16.3. The maximum Gasteiger partial charge on any atom is 0.221 e. The third kappa shape index (κ3) is 2.47. The third-order valence-electron chi connectivity index (χ3n) is 2.84. The zero-order valence-corrected chi connectivity index (χ0v) is 10.9. The number of amides is 1. The topological polar surface area (TPSA) is 70.9 Å². The number of nitrogens with zero attached hydrogens (tertiary/aromatic N) is 1. The normalized spacial score (nSPS) is 10.4. The van der Waals surface area contributed by atoms with Gasteiger partial charge in [0.05, 0.1) is 12.0 Å². The Labute approximate surface area is 115 Å². The largest absolute Gasteiger partial charge is 0.463 e. The number of H-pyrrole nitrogens is 1. The molecule has 1 amide bonds. The number of benzene rings is 1. The third-order valence-corrected chi connectivity index (χ3v) is 2.84. The molecule has 0 bridgehead atoms. The number of carbonyl (C=O) groups excluding carboxylic acids is 1. The average molecular weight is 267 g/mol. The van der Waals surface area contributed by atoms with Crippen molar-refractivity contribution in [1.29, 1.82) is 0 Å². The highest BCUT2D eigenvalue weighted by Gasteiger charge is 2.08. The van der Waals surface area contributed by atoms with Crippen LogP contribution in [0.25, 0.3) is 22.7 Å². The lowest BCUT2D eigenvalue weighted by atomic mass is 10.1. The van der Waals surface area contributed by atoms with E-state index in [1.54, 1.807) is 6.26 Å². The Morgan fingerprint density at radius 2 is 2.15 bits per heavy atom. The second-order valence-electron chi connectivity index (χ2n) is 4.41. The molecule has 0 aliphatic carbocycles. The van der Waals surface area contributed by atoms with Crippen LogP contribution in [-0.4, -0.2) is 16.1 Å². The number of furan rings is 1. The predicted octanol–water partition coefficient (Wildman–Crippen LogP) is 3.30. The Hall–Kier alpha value is -2.82. The number of anilines is 1. The van der Waals surface area contributed by atoms with Gasteiger partial charge < -0.3 is 9.73 Å². The summed E-state index contributed by atoms with van der Waals surface area (Å²) >= 11 is 0. The van der Waals surface area contributed by atoms with E-state index in [9.17, 15) is 4.79 Å². The maximum absolute atomic E-state index is 11.1. The first-order valence-electron chi connectivity index (χ1n) is 6.20. The van der Waals surface area contributed by atoms with Crippen molar-refractivity contribution in [2.45, 2.75) is 6.92 Å². The van der Waals surface area contributed by atoms with Crippen LogP contribution in [0.15, 0.2) is 53.1 Å². The highest BCUT2D eigenvalue weighted by Crippen LogP contribution is 2.25. The lowest BCUT2D eigenvalue weighted by molar-refractivity contribution is -0.114. The molecule has 20 heavy (non-hydrogen) atoms. The van der Waals surface area contributed by atoms with Gasteiger partial charge in [-0.1, -0.05) is 12.1 Å². The first-order valence-corrected chi connectivity index (χ1v) is 6.20. The molecule has 2 aromatic heterocycles. The minimum atomic E-state index is -0.0968. The fourth-order valence-electron chi connectivity index (χ4n) is 1.99. The molecule has 3 rings (SSSR count). The van der Waals surface area contributed by atoms with E-state index in [-0.39, 0.29) is 5.91 Å². The van der Waals surface area contributed by atoms with Gasteiger partial charge in [0.15, 0.2) is 5.76 Å². The Bertz CT molecular complexity index is 729. The molecule has 0 aliphatic rings. The molecule has 0 aliphatic heterocycles. The number of carbonyl (C=O) groups is 1. The summed E-state index contributed by atoms with van der Waals surface area (Å²) in [4.78, 5) is 11.1. The van der Waals surface area contributed by atoms with Crippen molar-refractivity contribution < 1.29 is 9.21 Å². The lowest BCUT2D eigenvalue weighted by Crippen LogP contribution is -2.05. The molecule has 5 heteroatoms. The highest BCUT2D eigenvalue weighted by molar-refractivity contribution is 5.89. The molecular formula is C15H13N3O2. The summed E-state index contributed by atoms with van der Waals surface area (Å²) in [6.45, 7) is 1.48. The molecular weight excluding hydrogens is 254 g/mol. The van der Waals surface area contributed by atoms with Crippen molar-refractivity contribution in [3.8, 4) is 22.7 Å². The smallest absolute Gasteiger partial charge is 0.221 e. The van der Waals surface area contributed by atoms with Crippen molar-refractivity contribution in [1.82, 2.24) is 10.2 Å². The molecule has 100 valence electrons. The molecule has 0 saturated carbocycles. The zero-order chi connectivity index (χ0) is 13.9. The van der Waals surface area contributed by atoms with Crippen LogP contribution in [-0.2, 0) is 4.79 Å². The van der Waals surface area contributed by atoms with Crippen molar-refractivity contribution in [2.24, 2.45) is 0 Å². The minimum Gasteiger partial charge on any atom is -0.463 e. The van der Waals surface area contributed by atoms with Crippen LogP contribution in [0.3, 0.4) is 0 Å². The molecule has 2 heterocycles. The van der Waals surface area contributed by atoms with Crippen molar-refractivity contribution in [3.05, 3.63) is 48.7 Å². The Kier molecular flexibility index (Phi) is 3.09. The first kappa shape index (κ1) is 12.2. The van der Waals surface area contributed by atoms with E-state index in [1.165, 1.54) is 6.92 Å². The minimum absolute atomic E-state index is 0.0968. The second-order valence-corrected chi connectivity index (χ2v) is 4.41. The van der Waals surface area contributed by atoms with Crippen LogP contribution in [0, 0.1) is 0 Å². The van der Waals surface area contributed by atoms with Gasteiger partial charge in [0.2, 0.25) is 5.91 Å². The summed E-state index contributed by atoms with van der Waals surface area (Å²) < 4.78 is 5.32. The molecule has 3 aromatic rings. The zero-order valence-electron chi connectivity index (χ0n) is 10.9. The number of nitrogens with one attached hydrogen (secondary N) is 2. The number of rotatable bonds is 3. The summed E-state index contributed by atoms with van der Waals surface area (Å²) in [6, 6.07) is 13.1. The van der Waals surface area contributed by atoms with Gasteiger partial charge in [0.25, 0.3) is 0 Å². The molecule has 0 radical (unpaired) electrons. The van der Waals surface area contributed by atoms with Gasteiger partial charge in [0.1, 0.15) is 5.69 Å². The van der Waals surface area contributed by atoms with E-state index in [0.29, 0.717) is 0 Å². The van der Waals surface area contributed by atoms with Crippen LogP contribution in [0.1, 0.15) is 6.92 Å². The quantitative estimate of drug-likeness (QED) is 0.764. The van der Waals surface area contributed by atoms with Gasteiger partial charge in [-0.2, -0.15) is 5.10 Å². The van der Waals surface area contributed by atoms with E-state index in [0.717, 1.165) is 28.4 Å². The van der Waals surface area contributed by atoms with Crippen LogP contribution in [0.2, 0.25) is 0 Å². The summed E-state index contributed by atoms with van der Waals surface area (Å²) in [7, 11) is 0. The van der Waals surface area contributed by atoms with Gasteiger partial charge in [-0.05, 0) is 30.3 Å². The van der Waals surface area contributed by atoms with Gasteiger partial charge in [-0.15, -0.1) is 0 Å². The number of hydrogen-bond acceptors (Lipinski definition) is 3. The van der Waals surface area contributed by atoms with Crippen LogP contribution in [0.5, 0.6) is 0 Å². The molecule has 2 N–H and O–H groups in total. The van der Waals surface area contributed by atoms with Crippen molar-refractivity contribution in [2.75, 3.05) is 5.32 Å². The monoisotopic (exact) mass is 267 g/mol. The first-order chi connectivity index (χ1) is 9.72. The van der Waals surface area contributed by atoms with Crippen LogP contribution in [0.4, 0.5) is 5.69 Å². The van der Waals surface area contributed by atoms with Gasteiger partial charge in [0, 0.05) is 18.2 Å². The van der Waals surface area contributed by atoms with Gasteiger partial charge >= 0.3 is 0 Å². The fraction of sp³-hybridized carbons (Fsp3) is 0.0667. The van der Waals surface area contributed by atoms with Crippen molar-refractivity contribution >= 4 is 11.6 Å². The van der Waals surface area contributed by atoms with Crippen molar-refractivity contribution in [3.63, 3.8) is 0 Å². The molecule has 0 fully saturated rings. The number of aromatic nitrogens is 2. The Morgan fingerprint density at radius 3 is 2.90 bits per heavy atom. The SMILES string of the molecule is CC(=O)Nc1cccc(-c2cc(-c3ccco3)[nH]n2)c1. The number of hydrogen-bond donors (Lipinski definition) is 2. The van der Waals surface area contributed by atoms with E-state index in [1.807, 2.05) is 42.5 Å². The molecule has 1 aromatic carbocycles. The Balaban J connectivity index is 1.91. The van der Waals surface area contributed by atoms with Crippen LogP contribution >= 0.6 is 0 Å². The Morgan fingerprint density at radius 1 is 1.25 bits per heavy atom. The van der Waals surface area contributed by atoms with E-state index in [4.69, 9.17) is 4.42 Å². The summed E-state index contributed by atoms with van der Waals surface area (Å²) in [6.07, 6.45) is 1.62. The summed E-state index contributed by atoms with van der Waals surface area (Å²) in [5, 5.41) is 9.95. The average Bonchev–Trinajstić information content (AvgIpc) is 3.09. The summed E-state index contributed by atoms with van der Waals surface area (Å²) in [5.41, 5.74) is 3.28. The van der Waals surface area contributed by atoms with Gasteiger partial charge in [-0.3, -0.25) is 9.89 Å².